The molecule has 1 saturated heterocycles. The van der Waals surface area contributed by atoms with Gasteiger partial charge in [-0.15, -0.1) is 5.10 Å². The molecule has 1 unspecified atom stereocenters. The lowest BCUT2D eigenvalue weighted by atomic mass is 9.97. The second-order valence-electron chi connectivity index (χ2n) is 8.99. The molecule has 0 saturated carbocycles. The minimum absolute atomic E-state index is 0.0674. The Bertz CT molecular complexity index is 1160. The highest BCUT2D eigenvalue weighted by atomic mass is 16.3. The van der Waals surface area contributed by atoms with E-state index in [1.54, 1.807) is 33.8 Å². The summed E-state index contributed by atoms with van der Waals surface area (Å²) in [6.45, 7) is 3.10. The van der Waals surface area contributed by atoms with E-state index in [2.05, 4.69) is 10.3 Å². The number of benzene rings is 2. The van der Waals surface area contributed by atoms with E-state index in [0.29, 0.717) is 19.5 Å². The van der Waals surface area contributed by atoms with Crippen LogP contribution in [0.3, 0.4) is 0 Å². The molecule has 174 valence electrons. The summed E-state index contributed by atoms with van der Waals surface area (Å²) in [6, 6.07) is 11.9. The van der Waals surface area contributed by atoms with Gasteiger partial charge >= 0.3 is 0 Å². The molecule has 4 rings (SSSR count). The SMILES string of the molecule is CC1CN(Cc2cccc3nnn(C)c23)C(=O)[C@H](Cc2ccc(O)cc2)N1C(=O)CN(C)C. The first-order valence-corrected chi connectivity index (χ1v) is 11.0. The molecule has 0 aliphatic carbocycles. The number of rotatable bonds is 6. The lowest BCUT2D eigenvalue weighted by Crippen LogP contribution is -2.64. The number of hydrogen-bond acceptors (Lipinski definition) is 6. The number of likely N-dealkylation sites (N-methyl/N-ethyl adjacent to an activating group) is 1. The molecular formula is C24H30N6O3. The van der Waals surface area contributed by atoms with E-state index in [1.807, 2.05) is 56.1 Å². The van der Waals surface area contributed by atoms with Gasteiger partial charge in [-0.1, -0.05) is 29.5 Å². The van der Waals surface area contributed by atoms with Crippen molar-refractivity contribution >= 4 is 22.8 Å². The van der Waals surface area contributed by atoms with E-state index < -0.39 is 6.04 Å². The summed E-state index contributed by atoms with van der Waals surface area (Å²) >= 11 is 0. The van der Waals surface area contributed by atoms with Gasteiger partial charge in [-0.2, -0.15) is 0 Å². The van der Waals surface area contributed by atoms with Crippen molar-refractivity contribution in [3.63, 3.8) is 0 Å². The Hall–Kier alpha value is -3.46. The summed E-state index contributed by atoms with van der Waals surface area (Å²) < 4.78 is 1.73. The fourth-order valence-corrected chi connectivity index (χ4v) is 4.61. The topological polar surface area (TPSA) is 94.8 Å². The molecule has 1 aliphatic rings. The maximum Gasteiger partial charge on any atom is 0.246 e. The highest BCUT2D eigenvalue weighted by Crippen LogP contribution is 2.25. The van der Waals surface area contributed by atoms with Crippen molar-refractivity contribution in [2.24, 2.45) is 7.05 Å². The van der Waals surface area contributed by atoms with E-state index in [1.165, 1.54) is 0 Å². The number of aromatic nitrogens is 3. The number of fused-ring (bicyclic) bond motifs is 1. The van der Waals surface area contributed by atoms with Crippen molar-refractivity contribution in [1.29, 1.82) is 0 Å². The van der Waals surface area contributed by atoms with Crippen molar-refractivity contribution in [3.05, 3.63) is 53.6 Å². The van der Waals surface area contributed by atoms with Crippen LogP contribution in [-0.4, -0.2) is 85.9 Å². The van der Waals surface area contributed by atoms with Crippen LogP contribution in [0.5, 0.6) is 5.75 Å². The van der Waals surface area contributed by atoms with Gasteiger partial charge in [-0.25, -0.2) is 4.68 Å². The number of amides is 2. The van der Waals surface area contributed by atoms with Crippen molar-refractivity contribution in [1.82, 2.24) is 29.7 Å². The lowest BCUT2D eigenvalue weighted by Gasteiger charge is -2.45. The lowest BCUT2D eigenvalue weighted by molar-refractivity contribution is -0.156. The van der Waals surface area contributed by atoms with Crippen molar-refractivity contribution in [3.8, 4) is 5.75 Å². The molecule has 2 heterocycles. The molecule has 33 heavy (non-hydrogen) atoms. The smallest absolute Gasteiger partial charge is 0.246 e. The van der Waals surface area contributed by atoms with Crippen LogP contribution in [-0.2, 0) is 29.6 Å². The summed E-state index contributed by atoms with van der Waals surface area (Å²) in [7, 11) is 5.53. The van der Waals surface area contributed by atoms with E-state index in [-0.39, 0.29) is 30.2 Å². The molecule has 3 aromatic rings. The highest BCUT2D eigenvalue weighted by Gasteiger charge is 2.41. The normalized spacial score (nSPS) is 19.0. The van der Waals surface area contributed by atoms with Crippen LogP contribution in [0, 0.1) is 0 Å². The number of carbonyl (C=O) groups excluding carboxylic acids is 2. The Balaban J connectivity index is 1.65. The largest absolute Gasteiger partial charge is 0.508 e. The van der Waals surface area contributed by atoms with Gasteiger partial charge in [0.05, 0.1) is 12.1 Å². The van der Waals surface area contributed by atoms with Crippen LogP contribution < -0.4 is 0 Å². The van der Waals surface area contributed by atoms with Crippen molar-refractivity contribution < 1.29 is 14.7 Å². The first kappa shape index (κ1) is 22.7. The second-order valence-corrected chi connectivity index (χ2v) is 8.99. The Labute approximate surface area is 193 Å². The number of nitrogens with zero attached hydrogens (tertiary/aromatic N) is 6. The molecule has 1 N–H and O–H groups in total. The third-order valence-corrected chi connectivity index (χ3v) is 6.07. The van der Waals surface area contributed by atoms with E-state index >= 15 is 0 Å². The predicted octanol–water partition coefficient (Wildman–Crippen LogP) is 1.41. The number of carbonyl (C=O) groups is 2. The molecule has 1 fully saturated rings. The van der Waals surface area contributed by atoms with Gasteiger partial charge in [0, 0.05) is 32.6 Å². The number of hydrogen-bond donors (Lipinski definition) is 1. The third kappa shape index (κ3) is 4.68. The Morgan fingerprint density at radius 3 is 2.61 bits per heavy atom. The summed E-state index contributed by atoms with van der Waals surface area (Å²) in [5.41, 5.74) is 3.55. The zero-order chi connectivity index (χ0) is 23.7. The fraction of sp³-hybridized carbons (Fsp3) is 0.417. The minimum Gasteiger partial charge on any atom is -0.508 e. The molecule has 9 heteroatoms. The molecule has 2 amide bonds. The number of para-hydroxylation sites is 1. The summed E-state index contributed by atoms with van der Waals surface area (Å²) in [6.07, 6.45) is 0.386. The summed E-state index contributed by atoms with van der Waals surface area (Å²) in [5.74, 6) is 0.0183. The molecule has 2 atom stereocenters. The summed E-state index contributed by atoms with van der Waals surface area (Å²) in [5, 5.41) is 17.9. The molecule has 2 aromatic carbocycles. The second kappa shape index (κ2) is 9.19. The minimum atomic E-state index is -0.616. The molecule has 1 aromatic heterocycles. The quantitative estimate of drug-likeness (QED) is 0.610. The number of phenols is 1. The third-order valence-electron chi connectivity index (χ3n) is 6.07. The number of phenolic OH excluding ortho intramolecular Hbond substituents is 1. The Kier molecular flexibility index (Phi) is 6.33. The molecular weight excluding hydrogens is 420 g/mol. The number of piperazine rings is 1. The maximum atomic E-state index is 13.7. The molecule has 0 spiro atoms. The van der Waals surface area contributed by atoms with Gasteiger partial charge in [-0.05, 0) is 50.3 Å². The average Bonchev–Trinajstić information content (AvgIpc) is 3.14. The van der Waals surface area contributed by atoms with Crippen LogP contribution in [0.2, 0.25) is 0 Å². The number of aromatic hydroxyl groups is 1. The summed E-state index contributed by atoms with van der Waals surface area (Å²) in [4.78, 5) is 32.2. The maximum absolute atomic E-state index is 13.7. The number of aryl methyl sites for hydroxylation is 1. The standard InChI is InChI=1S/C24H30N6O3/c1-16-13-29(14-18-6-5-7-20-23(18)28(4)26-25-20)24(33)21(30(16)22(32)15-27(2)3)12-17-8-10-19(31)11-9-17/h5-11,16,21,31H,12-15H2,1-4H3/t16?,21-/m0/s1. The monoisotopic (exact) mass is 450 g/mol. The average molecular weight is 451 g/mol. The first-order valence-electron chi connectivity index (χ1n) is 11.0. The first-order chi connectivity index (χ1) is 15.7. The van der Waals surface area contributed by atoms with Gasteiger partial charge in [-0.3, -0.25) is 9.59 Å². The van der Waals surface area contributed by atoms with Gasteiger partial charge in [0.1, 0.15) is 17.3 Å². The molecule has 1 aliphatic heterocycles. The van der Waals surface area contributed by atoms with Crippen LogP contribution in [0.15, 0.2) is 42.5 Å². The van der Waals surface area contributed by atoms with Crippen LogP contribution in [0.4, 0.5) is 0 Å². The van der Waals surface area contributed by atoms with E-state index in [9.17, 15) is 14.7 Å². The zero-order valence-corrected chi connectivity index (χ0v) is 19.5. The molecule has 9 nitrogen and oxygen atoms in total. The Morgan fingerprint density at radius 2 is 1.91 bits per heavy atom. The van der Waals surface area contributed by atoms with Crippen LogP contribution in [0.1, 0.15) is 18.1 Å². The molecule has 0 bridgehead atoms. The molecule has 0 radical (unpaired) electrons. The van der Waals surface area contributed by atoms with E-state index in [4.69, 9.17) is 0 Å². The van der Waals surface area contributed by atoms with Gasteiger partial charge in [0.15, 0.2) is 0 Å². The van der Waals surface area contributed by atoms with Crippen LogP contribution in [0.25, 0.3) is 11.0 Å². The predicted molar refractivity (Wildman–Crippen MR) is 124 cm³/mol. The van der Waals surface area contributed by atoms with Gasteiger partial charge in [0.2, 0.25) is 11.8 Å². The van der Waals surface area contributed by atoms with E-state index in [0.717, 1.165) is 22.2 Å². The van der Waals surface area contributed by atoms with Gasteiger partial charge in [0.25, 0.3) is 0 Å². The highest BCUT2D eigenvalue weighted by molar-refractivity contribution is 5.90. The Morgan fingerprint density at radius 1 is 1.18 bits per heavy atom. The van der Waals surface area contributed by atoms with Crippen molar-refractivity contribution in [2.75, 3.05) is 27.2 Å². The fourth-order valence-electron chi connectivity index (χ4n) is 4.61. The van der Waals surface area contributed by atoms with Gasteiger partial charge < -0.3 is 19.8 Å². The van der Waals surface area contributed by atoms with Crippen LogP contribution >= 0.6 is 0 Å². The van der Waals surface area contributed by atoms with Crippen molar-refractivity contribution in [2.45, 2.75) is 32.0 Å². The zero-order valence-electron chi connectivity index (χ0n) is 19.5.